The number of nitrogens with two attached hydrogens (primary N) is 1. The molecule has 0 amide bonds. The highest BCUT2D eigenvalue weighted by atomic mass is 15.4. The summed E-state index contributed by atoms with van der Waals surface area (Å²) < 4.78 is 1.72. The Balaban J connectivity index is 2.33. The van der Waals surface area contributed by atoms with E-state index in [4.69, 9.17) is 5.73 Å². The SMILES string of the molecule is CCC(N)CCc1cn(C)nn1. The van der Waals surface area contributed by atoms with Crippen LogP contribution in [0.1, 0.15) is 25.5 Å². The maximum absolute atomic E-state index is 5.77. The molecule has 1 atom stereocenters. The van der Waals surface area contributed by atoms with Crippen LogP contribution in [0.15, 0.2) is 6.20 Å². The minimum absolute atomic E-state index is 0.298. The first-order valence-electron chi connectivity index (χ1n) is 4.33. The van der Waals surface area contributed by atoms with Gasteiger partial charge in [0, 0.05) is 19.3 Å². The van der Waals surface area contributed by atoms with E-state index in [9.17, 15) is 0 Å². The van der Waals surface area contributed by atoms with Gasteiger partial charge in [0.2, 0.25) is 0 Å². The second-order valence-corrected chi connectivity index (χ2v) is 3.09. The Morgan fingerprint density at radius 2 is 2.42 bits per heavy atom. The van der Waals surface area contributed by atoms with Gasteiger partial charge < -0.3 is 5.73 Å². The lowest BCUT2D eigenvalue weighted by Crippen LogP contribution is -2.19. The summed E-state index contributed by atoms with van der Waals surface area (Å²) in [6.45, 7) is 2.10. The molecular formula is C8H16N4. The molecule has 0 radical (unpaired) electrons. The number of aryl methyl sites for hydroxylation is 2. The summed E-state index contributed by atoms with van der Waals surface area (Å²) in [6, 6.07) is 0.298. The van der Waals surface area contributed by atoms with Gasteiger partial charge in [-0.2, -0.15) is 0 Å². The normalized spacial score (nSPS) is 13.2. The van der Waals surface area contributed by atoms with Gasteiger partial charge >= 0.3 is 0 Å². The zero-order valence-electron chi connectivity index (χ0n) is 7.70. The summed E-state index contributed by atoms with van der Waals surface area (Å²) >= 11 is 0. The molecular weight excluding hydrogens is 152 g/mol. The van der Waals surface area contributed by atoms with Crippen molar-refractivity contribution < 1.29 is 0 Å². The van der Waals surface area contributed by atoms with Crippen LogP contribution in [-0.2, 0) is 13.5 Å². The number of hydrogen-bond acceptors (Lipinski definition) is 3. The van der Waals surface area contributed by atoms with Crippen molar-refractivity contribution in [2.45, 2.75) is 32.2 Å². The lowest BCUT2D eigenvalue weighted by Gasteiger charge is -2.05. The standard InChI is InChI=1S/C8H16N4/c1-3-7(9)4-5-8-6-12(2)11-10-8/h6-7H,3-5,9H2,1-2H3. The van der Waals surface area contributed by atoms with Crippen LogP contribution in [0.5, 0.6) is 0 Å². The molecule has 2 N–H and O–H groups in total. The maximum atomic E-state index is 5.77. The lowest BCUT2D eigenvalue weighted by molar-refractivity contribution is 0.590. The minimum atomic E-state index is 0.298. The number of nitrogens with zero attached hydrogens (tertiary/aromatic N) is 3. The van der Waals surface area contributed by atoms with Crippen LogP contribution < -0.4 is 5.73 Å². The molecule has 1 unspecified atom stereocenters. The maximum Gasteiger partial charge on any atom is 0.0827 e. The van der Waals surface area contributed by atoms with E-state index in [1.54, 1.807) is 4.68 Å². The third-order valence-corrected chi connectivity index (χ3v) is 1.95. The predicted molar refractivity (Wildman–Crippen MR) is 47.6 cm³/mol. The highest BCUT2D eigenvalue weighted by molar-refractivity contribution is 4.92. The third kappa shape index (κ3) is 2.62. The number of rotatable bonds is 4. The quantitative estimate of drug-likeness (QED) is 0.711. The Hall–Kier alpha value is -0.900. The Morgan fingerprint density at radius 3 is 2.92 bits per heavy atom. The molecule has 0 aromatic carbocycles. The van der Waals surface area contributed by atoms with Gasteiger partial charge in [0.15, 0.2) is 0 Å². The molecule has 0 saturated heterocycles. The van der Waals surface area contributed by atoms with Crippen LogP contribution in [-0.4, -0.2) is 21.0 Å². The Kier molecular flexibility index (Phi) is 3.22. The average molecular weight is 168 g/mol. The van der Waals surface area contributed by atoms with Gasteiger partial charge in [0.25, 0.3) is 0 Å². The van der Waals surface area contributed by atoms with Gasteiger partial charge in [-0.3, -0.25) is 4.68 Å². The molecule has 1 aromatic heterocycles. The van der Waals surface area contributed by atoms with E-state index < -0.39 is 0 Å². The molecule has 0 bridgehead atoms. The van der Waals surface area contributed by atoms with Crippen molar-refractivity contribution in [3.8, 4) is 0 Å². The van der Waals surface area contributed by atoms with E-state index in [-0.39, 0.29) is 0 Å². The molecule has 68 valence electrons. The highest BCUT2D eigenvalue weighted by Crippen LogP contribution is 2.01. The third-order valence-electron chi connectivity index (χ3n) is 1.95. The van der Waals surface area contributed by atoms with E-state index in [0.717, 1.165) is 25.0 Å². The van der Waals surface area contributed by atoms with Crippen LogP contribution in [0.25, 0.3) is 0 Å². The summed E-state index contributed by atoms with van der Waals surface area (Å²) in [7, 11) is 1.87. The smallest absolute Gasteiger partial charge is 0.0827 e. The highest BCUT2D eigenvalue weighted by Gasteiger charge is 2.02. The fourth-order valence-electron chi connectivity index (χ4n) is 1.05. The van der Waals surface area contributed by atoms with Crippen LogP contribution in [0.2, 0.25) is 0 Å². The molecule has 1 aromatic rings. The van der Waals surface area contributed by atoms with E-state index >= 15 is 0 Å². The Labute approximate surface area is 72.8 Å². The van der Waals surface area contributed by atoms with Crippen LogP contribution >= 0.6 is 0 Å². The first-order valence-corrected chi connectivity index (χ1v) is 4.33. The van der Waals surface area contributed by atoms with Gasteiger partial charge in [0.05, 0.1) is 5.69 Å². The molecule has 1 rings (SSSR count). The zero-order chi connectivity index (χ0) is 8.97. The average Bonchev–Trinajstić information content (AvgIpc) is 2.47. The molecule has 1 heterocycles. The number of aromatic nitrogens is 3. The summed E-state index contributed by atoms with van der Waals surface area (Å²) in [5.41, 5.74) is 6.80. The van der Waals surface area contributed by atoms with Gasteiger partial charge in [-0.05, 0) is 19.3 Å². The summed E-state index contributed by atoms with van der Waals surface area (Å²) in [6.07, 6.45) is 4.89. The van der Waals surface area contributed by atoms with Crippen molar-refractivity contribution in [2.75, 3.05) is 0 Å². The first-order chi connectivity index (χ1) is 5.72. The van der Waals surface area contributed by atoms with Gasteiger partial charge in [-0.25, -0.2) is 0 Å². The van der Waals surface area contributed by atoms with Gasteiger partial charge in [-0.1, -0.05) is 12.1 Å². The van der Waals surface area contributed by atoms with Crippen LogP contribution in [0, 0.1) is 0 Å². The zero-order valence-corrected chi connectivity index (χ0v) is 7.70. The monoisotopic (exact) mass is 168 g/mol. The van der Waals surface area contributed by atoms with Gasteiger partial charge in [0.1, 0.15) is 0 Å². The predicted octanol–water partition coefficient (Wildman–Crippen LogP) is 0.485. The van der Waals surface area contributed by atoms with Crippen molar-refractivity contribution in [3.05, 3.63) is 11.9 Å². The molecule has 0 fully saturated rings. The summed E-state index contributed by atoms with van der Waals surface area (Å²) in [5.74, 6) is 0. The van der Waals surface area contributed by atoms with Gasteiger partial charge in [-0.15, -0.1) is 5.10 Å². The van der Waals surface area contributed by atoms with Crippen molar-refractivity contribution in [2.24, 2.45) is 12.8 Å². The first kappa shape index (κ1) is 9.19. The lowest BCUT2D eigenvalue weighted by atomic mass is 10.1. The van der Waals surface area contributed by atoms with E-state index in [1.165, 1.54) is 0 Å². The summed E-state index contributed by atoms with van der Waals surface area (Å²) in [5, 5.41) is 7.83. The Bertz CT molecular complexity index is 231. The fourth-order valence-corrected chi connectivity index (χ4v) is 1.05. The molecule has 0 aliphatic carbocycles. The molecule has 0 saturated carbocycles. The van der Waals surface area contributed by atoms with Crippen molar-refractivity contribution in [1.29, 1.82) is 0 Å². The van der Waals surface area contributed by atoms with E-state index in [0.29, 0.717) is 6.04 Å². The van der Waals surface area contributed by atoms with E-state index in [1.807, 2.05) is 13.2 Å². The molecule has 0 spiro atoms. The van der Waals surface area contributed by atoms with Crippen LogP contribution in [0.3, 0.4) is 0 Å². The largest absolute Gasteiger partial charge is 0.328 e. The molecule has 0 aliphatic rings. The number of hydrogen-bond donors (Lipinski definition) is 1. The molecule has 12 heavy (non-hydrogen) atoms. The fraction of sp³-hybridized carbons (Fsp3) is 0.750. The van der Waals surface area contributed by atoms with Crippen molar-refractivity contribution in [1.82, 2.24) is 15.0 Å². The molecule has 4 nitrogen and oxygen atoms in total. The summed E-state index contributed by atoms with van der Waals surface area (Å²) in [4.78, 5) is 0. The topological polar surface area (TPSA) is 56.7 Å². The second-order valence-electron chi connectivity index (χ2n) is 3.09. The van der Waals surface area contributed by atoms with Crippen molar-refractivity contribution >= 4 is 0 Å². The van der Waals surface area contributed by atoms with Crippen LogP contribution in [0.4, 0.5) is 0 Å². The molecule has 4 heteroatoms. The van der Waals surface area contributed by atoms with Crippen molar-refractivity contribution in [3.63, 3.8) is 0 Å². The minimum Gasteiger partial charge on any atom is -0.328 e. The second kappa shape index (κ2) is 4.21. The Morgan fingerprint density at radius 1 is 1.67 bits per heavy atom. The van der Waals surface area contributed by atoms with E-state index in [2.05, 4.69) is 17.2 Å². The molecule has 0 aliphatic heterocycles.